The maximum absolute atomic E-state index is 14.4. The third-order valence-corrected chi connectivity index (χ3v) is 4.44. The van der Waals surface area contributed by atoms with Crippen LogP contribution in [0.1, 0.15) is 12.8 Å². The van der Waals surface area contributed by atoms with Crippen LogP contribution in [-0.2, 0) is 0 Å². The van der Waals surface area contributed by atoms with E-state index in [0.717, 1.165) is 37.0 Å². The fourth-order valence-corrected chi connectivity index (χ4v) is 3.22. The van der Waals surface area contributed by atoms with E-state index in [4.69, 9.17) is 11.6 Å². The first-order chi connectivity index (χ1) is 10.7. The summed E-state index contributed by atoms with van der Waals surface area (Å²) in [5, 5.41) is 0.592. The Bertz CT molecular complexity index is 837. The molecule has 3 aromatic rings. The Hall–Kier alpha value is -2.07. The highest BCUT2D eigenvalue weighted by Gasteiger charge is 2.17. The summed E-state index contributed by atoms with van der Waals surface area (Å²) >= 11 is 6.14. The predicted molar refractivity (Wildman–Crippen MR) is 87.9 cm³/mol. The fourth-order valence-electron chi connectivity index (χ4n) is 3.00. The molecule has 22 heavy (non-hydrogen) atoms. The van der Waals surface area contributed by atoms with E-state index in [0.29, 0.717) is 22.1 Å². The average molecular weight is 316 g/mol. The zero-order chi connectivity index (χ0) is 15.1. The van der Waals surface area contributed by atoms with Gasteiger partial charge in [0.2, 0.25) is 0 Å². The van der Waals surface area contributed by atoms with Crippen molar-refractivity contribution in [2.75, 3.05) is 18.0 Å². The Morgan fingerprint density at radius 2 is 1.95 bits per heavy atom. The molecule has 0 spiro atoms. The molecule has 1 aliphatic heterocycles. The molecule has 3 nitrogen and oxygen atoms in total. The number of fused-ring (bicyclic) bond motifs is 1. The molecule has 0 atom stereocenters. The van der Waals surface area contributed by atoms with E-state index >= 15 is 0 Å². The van der Waals surface area contributed by atoms with Crippen molar-refractivity contribution in [1.82, 2.24) is 9.97 Å². The topological polar surface area (TPSA) is 31.9 Å². The van der Waals surface area contributed by atoms with Crippen LogP contribution in [0.15, 0.2) is 36.4 Å². The van der Waals surface area contributed by atoms with E-state index in [-0.39, 0.29) is 5.82 Å². The first-order valence-electron chi connectivity index (χ1n) is 7.41. The summed E-state index contributed by atoms with van der Waals surface area (Å²) in [6.07, 6.45) is 2.26. The number of nitrogens with zero attached hydrogens (tertiary/aromatic N) is 2. The van der Waals surface area contributed by atoms with Crippen molar-refractivity contribution >= 4 is 28.3 Å². The van der Waals surface area contributed by atoms with Crippen molar-refractivity contribution in [3.05, 3.63) is 47.2 Å². The lowest BCUT2D eigenvalue weighted by Crippen LogP contribution is -2.18. The summed E-state index contributed by atoms with van der Waals surface area (Å²) in [7, 11) is 0. The number of hydrogen-bond acceptors (Lipinski definition) is 2. The summed E-state index contributed by atoms with van der Waals surface area (Å²) in [6, 6.07) is 10.9. The van der Waals surface area contributed by atoms with Gasteiger partial charge in [0.05, 0.1) is 16.2 Å². The first-order valence-corrected chi connectivity index (χ1v) is 7.79. The molecule has 2 aromatic carbocycles. The molecule has 5 heteroatoms. The zero-order valence-corrected chi connectivity index (χ0v) is 12.7. The van der Waals surface area contributed by atoms with E-state index in [2.05, 4.69) is 14.9 Å². The molecule has 1 aromatic heterocycles. The number of halogens is 2. The number of nitrogens with one attached hydrogen (secondary N) is 1. The Labute approximate surface area is 132 Å². The van der Waals surface area contributed by atoms with Crippen LogP contribution < -0.4 is 4.90 Å². The van der Waals surface area contributed by atoms with E-state index < -0.39 is 0 Å². The largest absolute Gasteiger partial charge is 0.369 e. The zero-order valence-electron chi connectivity index (χ0n) is 11.9. The van der Waals surface area contributed by atoms with Crippen molar-refractivity contribution in [3.8, 4) is 11.4 Å². The third-order valence-electron chi connectivity index (χ3n) is 4.13. The van der Waals surface area contributed by atoms with Crippen LogP contribution in [0.2, 0.25) is 5.02 Å². The molecule has 0 bridgehead atoms. The molecular formula is C17H15ClFN3. The van der Waals surface area contributed by atoms with Crippen molar-refractivity contribution < 1.29 is 4.39 Å². The highest BCUT2D eigenvalue weighted by molar-refractivity contribution is 6.35. The van der Waals surface area contributed by atoms with E-state index in [1.54, 1.807) is 12.1 Å². The number of aromatic amines is 1. The van der Waals surface area contributed by atoms with Crippen LogP contribution in [0.5, 0.6) is 0 Å². The SMILES string of the molecule is Fc1cc(-c2nc3c(Cl)cccc3[nH]2)ccc1N1CCCC1. The van der Waals surface area contributed by atoms with Gasteiger partial charge in [0, 0.05) is 18.7 Å². The molecule has 112 valence electrons. The maximum atomic E-state index is 14.4. The van der Waals surface area contributed by atoms with Crippen LogP contribution in [-0.4, -0.2) is 23.1 Å². The molecule has 1 N–H and O–H groups in total. The van der Waals surface area contributed by atoms with Crippen molar-refractivity contribution in [2.45, 2.75) is 12.8 Å². The third kappa shape index (κ3) is 2.24. The molecule has 1 saturated heterocycles. The highest BCUT2D eigenvalue weighted by Crippen LogP contribution is 2.29. The Kier molecular flexibility index (Phi) is 3.26. The number of para-hydroxylation sites is 1. The van der Waals surface area contributed by atoms with E-state index in [9.17, 15) is 4.39 Å². The number of H-pyrrole nitrogens is 1. The Balaban J connectivity index is 1.75. The number of rotatable bonds is 2. The molecule has 1 fully saturated rings. The smallest absolute Gasteiger partial charge is 0.147 e. The van der Waals surface area contributed by atoms with Gasteiger partial charge in [-0.2, -0.15) is 0 Å². The first kappa shape index (κ1) is 13.6. The number of aromatic nitrogens is 2. The Morgan fingerprint density at radius 1 is 1.14 bits per heavy atom. The van der Waals surface area contributed by atoms with Crippen molar-refractivity contribution in [3.63, 3.8) is 0 Å². The lowest BCUT2D eigenvalue weighted by molar-refractivity contribution is 0.623. The standard InChI is InChI=1S/C17H15ClFN3/c18-12-4-3-5-14-16(12)21-17(20-14)11-6-7-15(13(19)10-11)22-8-1-2-9-22/h3-7,10H,1-2,8-9H2,(H,20,21). The average Bonchev–Trinajstić information content (AvgIpc) is 3.17. The Morgan fingerprint density at radius 3 is 2.68 bits per heavy atom. The molecular weight excluding hydrogens is 301 g/mol. The van der Waals surface area contributed by atoms with Gasteiger partial charge in [-0.3, -0.25) is 0 Å². The second-order valence-electron chi connectivity index (χ2n) is 5.58. The molecule has 0 aliphatic carbocycles. The number of hydrogen-bond donors (Lipinski definition) is 1. The second-order valence-corrected chi connectivity index (χ2v) is 5.99. The lowest BCUT2D eigenvalue weighted by Gasteiger charge is -2.18. The molecule has 4 rings (SSSR count). The van der Waals surface area contributed by atoms with Gasteiger partial charge in [-0.15, -0.1) is 0 Å². The van der Waals surface area contributed by atoms with Crippen LogP contribution in [0.25, 0.3) is 22.4 Å². The number of imidazole rings is 1. The van der Waals surface area contributed by atoms with Gasteiger partial charge in [-0.25, -0.2) is 9.37 Å². The van der Waals surface area contributed by atoms with Crippen molar-refractivity contribution in [1.29, 1.82) is 0 Å². The van der Waals surface area contributed by atoms with Crippen LogP contribution in [0.3, 0.4) is 0 Å². The summed E-state index contributed by atoms with van der Waals surface area (Å²) in [4.78, 5) is 9.77. The number of anilines is 1. The van der Waals surface area contributed by atoms with Gasteiger partial charge in [-0.1, -0.05) is 17.7 Å². The van der Waals surface area contributed by atoms with Crippen LogP contribution >= 0.6 is 11.6 Å². The minimum atomic E-state index is -0.203. The van der Waals surface area contributed by atoms with Gasteiger partial charge in [0.15, 0.2) is 0 Å². The van der Waals surface area contributed by atoms with Gasteiger partial charge < -0.3 is 9.88 Å². The minimum Gasteiger partial charge on any atom is -0.369 e. The van der Waals surface area contributed by atoms with Crippen LogP contribution in [0.4, 0.5) is 10.1 Å². The molecule has 0 saturated carbocycles. The minimum absolute atomic E-state index is 0.203. The van der Waals surface area contributed by atoms with E-state index in [1.807, 2.05) is 24.3 Å². The molecule has 1 aliphatic rings. The molecule has 0 radical (unpaired) electrons. The van der Waals surface area contributed by atoms with Gasteiger partial charge >= 0.3 is 0 Å². The summed E-state index contributed by atoms with van der Waals surface area (Å²) in [5.41, 5.74) is 2.97. The quantitative estimate of drug-likeness (QED) is 0.748. The summed E-state index contributed by atoms with van der Waals surface area (Å²) in [5.74, 6) is 0.431. The molecule has 0 unspecified atom stereocenters. The fraction of sp³-hybridized carbons (Fsp3) is 0.235. The van der Waals surface area contributed by atoms with Crippen molar-refractivity contribution in [2.24, 2.45) is 0 Å². The normalized spacial score (nSPS) is 14.9. The van der Waals surface area contributed by atoms with Gasteiger partial charge in [0.25, 0.3) is 0 Å². The lowest BCUT2D eigenvalue weighted by atomic mass is 10.1. The maximum Gasteiger partial charge on any atom is 0.147 e. The predicted octanol–water partition coefficient (Wildman–Crippen LogP) is 4.62. The summed E-state index contributed by atoms with van der Waals surface area (Å²) in [6.45, 7) is 1.85. The molecule has 0 amide bonds. The highest BCUT2D eigenvalue weighted by atomic mass is 35.5. The monoisotopic (exact) mass is 315 g/mol. The van der Waals surface area contributed by atoms with Crippen LogP contribution in [0, 0.1) is 5.82 Å². The number of benzene rings is 2. The molecule has 2 heterocycles. The van der Waals surface area contributed by atoms with Gasteiger partial charge in [0.1, 0.15) is 17.2 Å². The van der Waals surface area contributed by atoms with E-state index in [1.165, 1.54) is 0 Å². The summed E-state index contributed by atoms with van der Waals surface area (Å²) < 4.78 is 14.4. The second kappa shape index (κ2) is 5.29. The van der Waals surface area contributed by atoms with Gasteiger partial charge in [-0.05, 0) is 43.2 Å².